The van der Waals surface area contributed by atoms with Crippen LogP contribution in [0.4, 0.5) is 0 Å². The summed E-state index contributed by atoms with van der Waals surface area (Å²) in [7, 11) is 0. The molecule has 0 atom stereocenters. The van der Waals surface area contributed by atoms with Crippen LogP contribution in [0.1, 0.15) is 69.2 Å². The predicted molar refractivity (Wildman–Crippen MR) is 179 cm³/mol. The van der Waals surface area contributed by atoms with E-state index in [1.807, 2.05) is 104 Å². The van der Waals surface area contributed by atoms with Crippen molar-refractivity contribution >= 4 is 12.6 Å². The van der Waals surface area contributed by atoms with Crippen LogP contribution in [0.5, 0.6) is 23.0 Å². The van der Waals surface area contributed by atoms with Gasteiger partial charge in [-0.15, -0.1) is 0 Å². The highest BCUT2D eigenvalue weighted by Crippen LogP contribution is 2.24. The van der Waals surface area contributed by atoms with E-state index in [1.165, 1.54) is 13.8 Å². The van der Waals surface area contributed by atoms with Gasteiger partial charge in [0.25, 0.3) is 0 Å². The van der Waals surface area contributed by atoms with Gasteiger partial charge in [-0.05, 0) is 84.6 Å². The molecule has 0 amide bonds. The van der Waals surface area contributed by atoms with Crippen LogP contribution in [-0.4, -0.2) is 33.0 Å². The van der Waals surface area contributed by atoms with Gasteiger partial charge in [0.15, 0.2) is 0 Å². The molecule has 0 saturated heterocycles. The molecule has 0 aromatic heterocycles. The first-order chi connectivity index (χ1) is 20.3. The molecule has 0 aliphatic carbocycles. The zero-order valence-corrected chi connectivity index (χ0v) is 27.0. The molecule has 6 heteroatoms. The van der Waals surface area contributed by atoms with Gasteiger partial charge >= 0.3 is 0 Å². The molecule has 0 fully saturated rings. The van der Waals surface area contributed by atoms with E-state index in [0.717, 1.165) is 34.8 Å². The second-order valence-electron chi connectivity index (χ2n) is 6.66. The Morgan fingerprint density at radius 1 is 0.333 bits per heavy atom. The van der Waals surface area contributed by atoms with E-state index >= 15 is 0 Å². The molecular weight excluding hydrogens is 528 g/mol. The third-order valence-electron chi connectivity index (χ3n) is 4.14. The topological polar surface area (TPSA) is 115 Å². The number of aromatic hydroxyl groups is 4. The lowest BCUT2D eigenvalue weighted by Gasteiger charge is -2.01. The molecular formula is C36H52O6. The first-order valence-corrected chi connectivity index (χ1v) is 14.3. The average Bonchev–Trinajstić information content (AvgIpc) is 3.04. The molecule has 0 unspecified atom stereocenters. The number of phenols is 4. The van der Waals surface area contributed by atoms with Gasteiger partial charge in [0.1, 0.15) is 35.6 Å². The second kappa shape index (κ2) is 32.6. The first-order valence-electron chi connectivity index (χ1n) is 14.3. The summed E-state index contributed by atoms with van der Waals surface area (Å²) in [6, 6.07) is 27.8. The van der Waals surface area contributed by atoms with Crippen LogP contribution in [0.3, 0.4) is 0 Å². The van der Waals surface area contributed by atoms with E-state index < -0.39 is 0 Å². The molecule has 4 aromatic carbocycles. The lowest BCUT2D eigenvalue weighted by molar-refractivity contribution is -0.106. The summed E-state index contributed by atoms with van der Waals surface area (Å²) in [6.07, 6.45) is 1.50. The van der Waals surface area contributed by atoms with Gasteiger partial charge in [0, 0.05) is 0 Å². The first kappa shape index (κ1) is 44.4. The maximum absolute atomic E-state index is 9.11. The highest BCUT2D eigenvalue weighted by molar-refractivity contribution is 5.65. The van der Waals surface area contributed by atoms with Gasteiger partial charge in [0.2, 0.25) is 0 Å². The number of benzene rings is 4. The van der Waals surface area contributed by atoms with Gasteiger partial charge < -0.3 is 30.0 Å². The van der Waals surface area contributed by atoms with Crippen molar-refractivity contribution in [1.82, 2.24) is 0 Å². The molecule has 6 nitrogen and oxygen atoms in total. The Bertz CT molecular complexity index is 924. The fraction of sp³-hybridized carbons (Fsp3) is 0.278. The van der Waals surface area contributed by atoms with E-state index in [9.17, 15) is 0 Å². The van der Waals surface area contributed by atoms with E-state index in [0.29, 0.717) is 0 Å². The minimum Gasteiger partial charge on any atom is -0.508 e. The second-order valence-corrected chi connectivity index (χ2v) is 6.66. The minimum absolute atomic E-state index is 0.257. The fourth-order valence-corrected chi connectivity index (χ4v) is 2.62. The highest BCUT2D eigenvalue weighted by Gasteiger charge is 1.98. The van der Waals surface area contributed by atoms with Crippen molar-refractivity contribution in [2.75, 3.05) is 0 Å². The molecule has 0 radical (unpaired) electrons. The monoisotopic (exact) mass is 580 g/mol. The van der Waals surface area contributed by atoms with Crippen LogP contribution in [0.15, 0.2) is 97.1 Å². The third kappa shape index (κ3) is 22.3. The maximum atomic E-state index is 9.11. The molecule has 4 rings (SSSR count). The summed E-state index contributed by atoms with van der Waals surface area (Å²) in [4.78, 5) is 17.6. The number of rotatable bonds is 2. The maximum Gasteiger partial charge on any atom is 0.116 e. The Kier molecular flexibility index (Phi) is 34.5. The lowest BCUT2D eigenvalue weighted by Crippen LogP contribution is -1.75. The Morgan fingerprint density at radius 3 is 0.524 bits per heavy atom. The number of phenolic OH excluding ortho intramolecular Hbond substituents is 4. The zero-order chi connectivity index (χ0) is 33.3. The lowest BCUT2D eigenvalue weighted by atomic mass is 10.1. The molecule has 4 N–H and O–H groups in total. The minimum atomic E-state index is 0.257. The number of hydrogen-bond donors (Lipinski definition) is 4. The standard InChI is InChI=1S/2C12H10O2.2C2H4O.4C2H6/c2*13-11-5-1-9(2-6-11)10-3-7-12(14)8-4-10;2*1-2-3;4*1-2/h2*1-8,13-14H;2*2H,1H3;4*1-2H3. The van der Waals surface area contributed by atoms with Crippen LogP contribution >= 0.6 is 0 Å². The number of aldehydes is 2. The number of hydrogen-bond acceptors (Lipinski definition) is 6. The molecule has 232 valence electrons. The quantitative estimate of drug-likeness (QED) is 0.175. The van der Waals surface area contributed by atoms with Crippen molar-refractivity contribution in [3.8, 4) is 45.3 Å². The van der Waals surface area contributed by atoms with Gasteiger partial charge in [-0.3, -0.25) is 0 Å². The summed E-state index contributed by atoms with van der Waals surface area (Å²) in [6.45, 7) is 18.9. The molecule has 0 saturated carbocycles. The molecule has 0 aliphatic rings. The van der Waals surface area contributed by atoms with Crippen LogP contribution in [0.2, 0.25) is 0 Å². The average molecular weight is 581 g/mol. The van der Waals surface area contributed by atoms with E-state index in [2.05, 4.69) is 0 Å². The summed E-state index contributed by atoms with van der Waals surface area (Å²) in [5.41, 5.74) is 4.07. The van der Waals surface area contributed by atoms with E-state index in [-0.39, 0.29) is 23.0 Å². The summed E-state index contributed by atoms with van der Waals surface area (Å²) in [5, 5.41) is 36.4. The molecule has 0 aliphatic heterocycles. The van der Waals surface area contributed by atoms with E-state index in [4.69, 9.17) is 30.0 Å². The Morgan fingerprint density at radius 2 is 0.429 bits per heavy atom. The van der Waals surface area contributed by atoms with E-state index in [1.54, 1.807) is 48.5 Å². The number of carbonyl (C=O) groups is 2. The Balaban J connectivity index is -0.000000242. The number of carbonyl (C=O) groups excluding carboxylic acids is 2. The van der Waals surface area contributed by atoms with Gasteiger partial charge in [-0.1, -0.05) is 104 Å². The summed E-state index contributed by atoms with van der Waals surface area (Å²) in [5.74, 6) is 1.03. The van der Waals surface area contributed by atoms with Crippen LogP contribution < -0.4 is 0 Å². The largest absolute Gasteiger partial charge is 0.508 e. The highest BCUT2D eigenvalue weighted by atomic mass is 16.3. The van der Waals surface area contributed by atoms with Crippen molar-refractivity contribution in [2.24, 2.45) is 0 Å². The molecule has 0 bridgehead atoms. The fourth-order valence-electron chi connectivity index (χ4n) is 2.62. The van der Waals surface area contributed by atoms with Gasteiger partial charge in [-0.25, -0.2) is 0 Å². The normalized spacial score (nSPS) is 7.86. The third-order valence-corrected chi connectivity index (χ3v) is 4.14. The smallest absolute Gasteiger partial charge is 0.116 e. The van der Waals surface area contributed by atoms with Crippen molar-refractivity contribution in [2.45, 2.75) is 69.2 Å². The van der Waals surface area contributed by atoms with Crippen molar-refractivity contribution < 1.29 is 30.0 Å². The molecule has 0 spiro atoms. The Labute approximate surface area is 254 Å². The van der Waals surface area contributed by atoms with Gasteiger partial charge in [-0.2, -0.15) is 0 Å². The predicted octanol–water partition coefficient (Wildman–Crippen LogP) is 10.0. The van der Waals surface area contributed by atoms with Crippen LogP contribution in [0.25, 0.3) is 22.3 Å². The summed E-state index contributed by atoms with van der Waals surface area (Å²) < 4.78 is 0. The Hall–Kier alpha value is -4.58. The van der Waals surface area contributed by atoms with Crippen molar-refractivity contribution in [3.63, 3.8) is 0 Å². The molecule has 4 aromatic rings. The molecule has 0 heterocycles. The van der Waals surface area contributed by atoms with Crippen LogP contribution in [0, 0.1) is 0 Å². The van der Waals surface area contributed by atoms with Crippen molar-refractivity contribution in [1.29, 1.82) is 0 Å². The molecule has 42 heavy (non-hydrogen) atoms. The van der Waals surface area contributed by atoms with Crippen molar-refractivity contribution in [3.05, 3.63) is 97.1 Å². The van der Waals surface area contributed by atoms with Gasteiger partial charge in [0.05, 0.1) is 0 Å². The SMILES string of the molecule is CC.CC.CC.CC.CC=O.CC=O.Oc1ccc(-c2ccc(O)cc2)cc1.Oc1ccc(-c2ccc(O)cc2)cc1. The van der Waals surface area contributed by atoms with Crippen LogP contribution in [-0.2, 0) is 9.59 Å². The summed E-state index contributed by atoms with van der Waals surface area (Å²) >= 11 is 0. The zero-order valence-electron chi connectivity index (χ0n) is 27.0.